The fraction of sp³-hybridized carbons (Fsp3) is 0.417. The van der Waals surface area contributed by atoms with E-state index in [9.17, 15) is 17.6 Å². The number of hydrogen-bond acceptors (Lipinski definition) is 4. The largest absolute Gasteiger partial charge is 0.395 e. The number of nitrogens with one attached hydrogen (secondary N) is 2. The lowest BCUT2D eigenvalue weighted by atomic mass is 10.3. The summed E-state index contributed by atoms with van der Waals surface area (Å²) in [4.78, 5) is 11.3. The molecule has 20 heavy (non-hydrogen) atoms. The van der Waals surface area contributed by atoms with E-state index < -0.39 is 33.5 Å². The molecular formula is C12H16FN3O3S. The number of carbonyl (C=O) groups is 1. The standard InChI is InChI=1S/C12H16FN3O3S/c1-7(12(17)15-8-5-6-8)16-20(18,19)10-4-2-3-9(13)11(10)14/h2-4,7-8,16H,5-6,14H2,1H3,(H,15,17). The summed E-state index contributed by atoms with van der Waals surface area (Å²) in [6, 6.07) is 2.68. The number of hydrogen-bond donors (Lipinski definition) is 3. The summed E-state index contributed by atoms with van der Waals surface area (Å²) in [6.07, 6.45) is 1.81. The summed E-state index contributed by atoms with van der Waals surface area (Å²) in [5.41, 5.74) is 4.95. The van der Waals surface area contributed by atoms with Crippen LogP contribution in [0.5, 0.6) is 0 Å². The number of carbonyl (C=O) groups excluding carboxylic acids is 1. The van der Waals surface area contributed by atoms with Crippen LogP contribution in [0.3, 0.4) is 0 Å². The Bertz CT molecular complexity index is 629. The van der Waals surface area contributed by atoms with Gasteiger partial charge in [-0.25, -0.2) is 12.8 Å². The summed E-state index contributed by atoms with van der Waals surface area (Å²) in [5, 5.41) is 2.68. The van der Waals surface area contributed by atoms with Crippen LogP contribution in [0.1, 0.15) is 19.8 Å². The second-order valence-corrected chi connectivity index (χ2v) is 6.46. The number of benzene rings is 1. The molecule has 1 aliphatic carbocycles. The van der Waals surface area contributed by atoms with Gasteiger partial charge in [0, 0.05) is 6.04 Å². The first-order valence-corrected chi connectivity index (χ1v) is 7.66. The number of anilines is 1. The summed E-state index contributed by atoms with van der Waals surface area (Å²) < 4.78 is 39.6. The highest BCUT2D eigenvalue weighted by Crippen LogP contribution is 2.21. The Kier molecular flexibility index (Phi) is 3.96. The molecule has 0 aromatic heterocycles. The first-order valence-electron chi connectivity index (χ1n) is 6.18. The third-order valence-corrected chi connectivity index (χ3v) is 4.55. The smallest absolute Gasteiger partial charge is 0.243 e. The molecule has 0 saturated heterocycles. The molecule has 0 radical (unpaired) electrons. The van der Waals surface area contributed by atoms with Crippen LogP contribution in [-0.2, 0) is 14.8 Å². The molecule has 110 valence electrons. The van der Waals surface area contributed by atoms with Crippen LogP contribution in [0.2, 0.25) is 0 Å². The molecule has 4 N–H and O–H groups in total. The number of para-hydroxylation sites is 1. The van der Waals surface area contributed by atoms with Crippen LogP contribution in [0, 0.1) is 5.82 Å². The highest BCUT2D eigenvalue weighted by Gasteiger charge is 2.29. The van der Waals surface area contributed by atoms with Gasteiger partial charge in [0.1, 0.15) is 10.7 Å². The van der Waals surface area contributed by atoms with E-state index in [0.29, 0.717) is 0 Å². The SMILES string of the molecule is CC(NS(=O)(=O)c1cccc(F)c1N)C(=O)NC1CC1. The number of rotatable bonds is 5. The summed E-state index contributed by atoms with van der Waals surface area (Å²) in [5.74, 6) is -1.23. The molecular weight excluding hydrogens is 285 g/mol. The molecule has 1 aliphatic rings. The van der Waals surface area contributed by atoms with Crippen LogP contribution in [0.25, 0.3) is 0 Å². The fourth-order valence-corrected chi connectivity index (χ4v) is 3.00. The number of nitrogens with two attached hydrogens (primary N) is 1. The number of sulfonamides is 1. The third-order valence-electron chi connectivity index (χ3n) is 2.95. The lowest BCUT2D eigenvalue weighted by Gasteiger charge is -2.15. The first-order chi connectivity index (χ1) is 9.31. The Morgan fingerprint density at radius 2 is 2.10 bits per heavy atom. The summed E-state index contributed by atoms with van der Waals surface area (Å²) in [7, 11) is -4.05. The zero-order valence-corrected chi connectivity index (χ0v) is 11.7. The highest BCUT2D eigenvalue weighted by atomic mass is 32.2. The molecule has 0 spiro atoms. The van der Waals surface area contributed by atoms with Gasteiger partial charge >= 0.3 is 0 Å². The van der Waals surface area contributed by atoms with Gasteiger partial charge in [-0.2, -0.15) is 4.72 Å². The van der Waals surface area contributed by atoms with E-state index in [4.69, 9.17) is 5.73 Å². The molecule has 1 aromatic rings. The molecule has 0 heterocycles. The monoisotopic (exact) mass is 301 g/mol. The predicted molar refractivity (Wildman–Crippen MR) is 71.8 cm³/mol. The van der Waals surface area contributed by atoms with Crippen LogP contribution in [-0.4, -0.2) is 26.4 Å². The van der Waals surface area contributed by atoms with Crippen LogP contribution in [0.15, 0.2) is 23.1 Å². The minimum absolute atomic E-state index is 0.133. The van der Waals surface area contributed by atoms with Gasteiger partial charge in [-0.05, 0) is 31.9 Å². The van der Waals surface area contributed by atoms with Gasteiger partial charge in [-0.3, -0.25) is 4.79 Å². The van der Waals surface area contributed by atoms with E-state index in [1.807, 2.05) is 0 Å². The van der Waals surface area contributed by atoms with E-state index in [1.165, 1.54) is 19.1 Å². The van der Waals surface area contributed by atoms with Gasteiger partial charge < -0.3 is 11.1 Å². The number of halogens is 1. The Labute approximate surface area is 116 Å². The Morgan fingerprint density at radius 3 is 2.70 bits per heavy atom. The van der Waals surface area contributed by atoms with Crippen molar-refractivity contribution in [3.63, 3.8) is 0 Å². The maximum absolute atomic E-state index is 13.3. The predicted octanol–water partition coefficient (Wildman–Crippen LogP) is 0.353. The molecule has 1 saturated carbocycles. The van der Waals surface area contributed by atoms with Crippen LogP contribution >= 0.6 is 0 Å². The second kappa shape index (κ2) is 5.37. The lowest BCUT2D eigenvalue weighted by Crippen LogP contribution is -2.45. The zero-order valence-electron chi connectivity index (χ0n) is 10.9. The van der Waals surface area contributed by atoms with Crippen molar-refractivity contribution < 1.29 is 17.6 Å². The number of nitrogen functional groups attached to an aromatic ring is 1. The van der Waals surface area contributed by atoms with Gasteiger partial charge in [-0.15, -0.1) is 0 Å². The van der Waals surface area contributed by atoms with E-state index in [1.54, 1.807) is 0 Å². The maximum Gasteiger partial charge on any atom is 0.243 e. The van der Waals surface area contributed by atoms with Gasteiger partial charge in [0.05, 0.1) is 11.7 Å². The summed E-state index contributed by atoms with van der Waals surface area (Å²) in [6.45, 7) is 1.42. The van der Waals surface area contributed by atoms with E-state index >= 15 is 0 Å². The van der Waals surface area contributed by atoms with E-state index in [2.05, 4.69) is 10.0 Å². The molecule has 6 nitrogen and oxygen atoms in total. The molecule has 1 aromatic carbocycles. The fourth-order valence-electron chi connectivity index (χ4n) is 1.66. The summed E-state index contributed by atoms with van der Waals surface area (Å²) >= 11 is 0. The molecule has 2 rings (SSSR count). The van der Waals surface area contributed by atoms with Crippen LogP contribution in [0.4, 0.5) is 10.1 Å². The van der Waals surface area contributed by atoms with Crippen molar-refractivity contribution in [1.29, 1.82) is 0 Å². The van der Waals surface area contributed by atoms with Gasteiger partial charge in [0.25, 0.3) is 0 Å². The lowest BCUT2D eigenvalue weighted by molar-refractivity contribution is -0.122. The molecule has 1 fully saturated rings. The Hall–Kier alpha value is -1.67. The van der Waals surface area contributed by atoms with Crippen molar-refractivity contribution in [2.75, 3.05) is 5.73 Å². The molecule has 0 aliphatic heterocycles. The van der Waals surface area contributed by atoms with E-state index in [-0.39, 0.29) is 10.9 Å². The van der Waals surface area contributed by atoms with Crippen LogP contribution < -0.4 is 15.8 Å². The van der Waals surface area contributed by atoms with Gasteiger partial charge in [0.15, 0.2) is 0 Å². The molecule has 1 unspecified atom stereocenters. The highest BCUT2D eigenvalue weighted by molar-refractivity contribution is 7.89. The van der Waals surface area contributed by atoms with Crippen molar-refractivity contribution in [2.45, 2.75) is 36.7 Å². The molecule has 1 amide bonds. The molecule has 1 atom stereocenters. The quantitative estimate of drug-likeness (QED) is 0.683. The Balaban J connectivity index is 2.13. The normalized spacial score (nSPS) is 16.7. The van der Waals surface area contributed by atoms with Crippen molar-refractivity contribution in [2.24, 2.45) is 0 Å². The molecule has 8 heteroatoms. The van der Waals surface area contributed by atoms with E-state index in [0.717, 1.165) is 18.9 Å². The first kappa shape index (κ1) is 14.7. The average Bonchev–Trinajstić information content (AvgIpc) is 3.15. The van der Waals surface area contributed by atoms with Gasteiger partial charge in [-0.1, -0.05) is 6.07 Å². The van der Waals surface area contributed by atoms with Gasteiger partial charge in [0.2, 0.25) is 15.9 Å². The minimum Gasteiger partial charge on any atom is -0.395 e. The third kappa shape index (κ3) is 3.26. The maximum atomic E-state index is 13.3. The van der Waals surface area contributed by atoms with Crippen molar-refractivity contribution >= 4 is 21.6 Å². The molecule has 0 bridgehead atoms. The van der Waals surface area contributed by atoms with Crippen molar-refractivity contribution in [1.82, 2.24) is 10.0 Å². The second-order valence-electron chi connectivity index (χ2n) is 4.78. The minimum atomic E-state index is -4.05. The topological polar surface area (TPSA) is 101 Å². The Morgan fingerprint density at radius 1 is 1.45 bits per heavy atom. The number of amides is 1. The zero-order chi connectivity index (χ0) is 14.9. The van der Waals surface area contributed by atoms with Crippen molar-refractivity contribution in [3.8, 4) is 0 Å². The average molecular weight is 301 g/mol. The van der Waals surface area contributed by atoms with Crippen molar-refractivity contribution in [3.05, 3.63) is 24.0 Å².